The van der Waals surface area contributed by atoms with Crippen molar-refractivity contribution in [2.24, 2.45) is 0 Å². The minimum absolute atomic E-state index is 0.0481. The van der Waals surface area contributed by atoms with Crippen LogP contribution in [0.3, 0.4) is 0 Å². The summed E-state index contributed by atoms with van der Waals surface area (Å²) in [5.74, 6) is 0.878. The molecular weight excluding hydrogens is 208 g/mol. The summed E-state index contributed by atoms with van der Waals surface area (Å²) in [6.07, 6.45) is 0.793. The third-order valence-corrected chi connectivity index (χ3v) is 2.91. The molecule has 1 aromatic carbocycles. The summed E-state index contributed by atoms with van der Waals surface area (Å²) in [4.78, 5) is 10.5. The quantitative estimate of drug-likeness (QED) is 0.587. The van der Waals surface area contributed by atoms with Crippen LogP contribution in [0.25, 0.3) is 11.0 Å². The van der Waals surface area contributed by atoms with E-state index in [0.717, 1.165) is 36.2 Å². The van der Waals surface area contributed by atoms with Crippen LogP contribution >= 0.6 is 0 Å². The van der Waals surface area contributed by atoms with Crippen molar-refractivity contribution in [3.8, 4) is 0 Å². The maximum absolute atomic E-state index is 10.9. The molecule has 0 spiro atoms. The van der Waals surface area contributed by atoms with Gasteiger partial charge in [0.15, 0.2) is 0 Å². The maximum Gasteiger partial charge on any atom is 0.312 e. The number of nitro benzene ring substituents is 1. The topological polar surface area (TPSA) is 68.3 Å². The highest BCUT2D eigenvalue weighted by Crippen LogP contribution is 2.33. The Hall–Kier alpha value is -1.88. The number of benzene rings is 1. The van der Waals surface area contributed by atoms with Crippen molar-refractivity contribution in [1.82, 2.24) is 5.32 Å². The summed E-state index contributed by atoms with van der Waals surface area (Å²) >= 11 is 0. The van der Waals surface area contributed by atoms with Gasteiger partial charge in [-0.3, -0.25) is 10.1 Å². The minimum Gasteiger partial charge on any atom is -0.453 e. The van der Waals surface area contributed by atoms with Crippen LogP contribution in [-0.2, 0) is 13.0 Å². The van der Waals surface area contributed by atoms with Gasteiger partial charge in [0, 0.05) is 36.5 Å². The van der Waals surface area contributed by atoms with E-state index in [-0.39, 0.29) is 5.69 Å². The van der Waals surface area contributed by atoms with Gasteiger partial charge < -0.3 is 9.73 Å². The summed E-state index contributed by atoms with van der Waals surface area (Å²) in [6.45, 7) is 1.59. The van der Waals surface area contributed by atoms with Crippen molar-refractivity contribution in [3.05, 3.63) is 39.6 Å². The van der Waals surface area contributed by atoms with E-state index in [9.17, 15) is 10.1 Å². The molecule has 82 valence electrons. The van der Waals surface area contributed by atoms with Gasteiger partial charge in [-0.2, -0.15) is 0 Å². The first-order valence-corrected chi connectivity index (χ1v) is 5.16. The predicted molar refractivity (Wildman–Crippen MR) is 58.3 cm³/mol. The normalized spacial score (nSPS) is 15.0. The lowest BCUT2D eigenvalue weighted by atomic mass is 10.1. The Morgan fingerprint density at radius 3 is 3.12 bits per heavy atom. The van der Waals surface area contributed by atoms with E-state index in [2.05, 4.69) is 5.32 Å². The van der Waals surface area contributed by atoms with Gasteiger partial charge in [0.1, 0.15) is 5.76 Å². The first-order valence-electron chi connectivity index (χ1n) is 5.16. The average Bonchev–Trinajstić information content (AvgIpc) is 2.67. The average molecular weight is 218 g/mol. The molecule has 0 amide bonds. The number of furan rings is 1. The highest BCUT2D eigenvalue weighted by Gasteiger charge is 2.22. The molecule has 0 unspecified atom stereocenters. The molecule has 1 N–H and O–H groups in total. The van der Waals surface area contributed by atoms with Crippen LogP contribution in [0, 0.1) is 10.1 Å². The molecule has 1 aliphatic rings. The van der Waals surface area contributed by atoms with Gasteiger partial charge in [-0.15, -0.1) is 0 Å². The second-order valence-corrected chi connectivity index (χ2v) is 3.84. The van der Waals surface area contributed by atoms with Crippen LogP contribution in [0.4, 0.5) is 5.69 Å². The van der Waals surface area contributed by atoms with Crippen LogP contribution < -0.4 is 5.32 Å². The summed E-state index contributed by atoms with van der Waals surface area (Å²) in [6, 6.07) is 5.05. The molecule has 0 fully saturated rings. The molecule has 2 aromatic rings. The smallest absolute Gasteiger partial charge is 0.312 e. The molecule has 5 nitrogen and oxygen atoms in total. The molecule has 0 aliphatic carbocycles. The molecule has 1 aliphatic heterocycles. The van der Waals surface area contributed by atoms with Crippen LogP contribution in [0.15, 0.2) is 22.6 Å². The van der Waals surface area contributed by atoms with Crippen LogP contribution in [0.5, 0.6) is 0 Å². The van der Waals surface area contributed by atoms with E-state index in [4.69, 9.17) is 4.42 Å². The van der Waals surface area contributed by atoms with Crippen molar-refractivity contribution < 1.29 is 9.34 Å². The van der Waals surface area contributed by atoms with Gasteiger partial charge >= 0.3 is 5.69 Å². The largest absolute Gasteiger partial charge is 0.453 e. The van der Waals surface area contributed by atoms with E-state index in [1.807, 2.05) is 6.07 Å². The SMILES string of the molecule is O=[N+]([O-])c1cccc2c3c(oc12)CCNC3. The van der Waals surface area contributed by atoms with Crippen molar-refractivity contribution >= 4 is 16.7 Å². The Morgan fingerprint density at radius 1 is 1.44 bits per heavy atom. The summed E-state index contributed by atoms with van der Waals surface area (Å²) in [5.41, 5.74) is 1.51. The minimum atomic E-state index is -0.398. The van der Waals surface area contributed by atoms with Gasteiger partial charge in [0.2, 0.25) is 5.58 Å². The number of fused-ring (bicyclic) bond motifs is 3. The number of hydrogen-bond acceptors (Lipinski definition) is 4. The lowest BCUT2D eigenvalue weighted by Crippen LogP contribution is -2.22. The standard InChI is InChI=1S/C11H10N2O3/c14-13(15)9-3-1-2-7-8-6-12-5-4-10(8)16-11(7)9/h1-3,12H,4-6H2. The Kier molecular flexibility index (Phi) is 1.94. The lowest BCUT2D eigenvalue weighted by molar-refractivity contribution is -0.383. The zero-order chi connectivity index (χ0) is 11.1. The van der Waals surface area contributed by atoms with Crippen LogP contribution in [0.1, 0.15) is 11.3 Å². The predicted octanol–water partition coefficient (Wildman–Crippen LogP) is 1.99. The Morgan fingerprint density at radius 2 is 2.31 bits per heavy atom. The van der Waals surface area contributed by atoms with Gasteiger partial charge in [-0.1, -0.05) is 12.1 Å². The molecule has 1 aromatic heterocycles. The zero-order valence-corrected chi connectivity index (χ0v) is 8.53. The number of non-ortho nitro benzene ring substituents is 1. The number of para-hydroxylation sites is 1. The van der Waals surface area contributed by atoms with E-state index >= 15 is 0 Å². The van der Waals surface area contributed by atoms with Crippen molar-refractivity contribution in [2.75, 3.05) is 6.54 Å². The van der Waals surface area contributed by atoms with Gasteiger partial charge in [-0.25, -0.2) is 0 Å². The molecule has 5 heteroatoms. The maximum atomic E-state index is 10.9. The highest BCUT2D eigenvalue weighted by atomic mass is 16.6. The number of nitrogens with zero attached hydrogens (tertiary/aromatic N) is 1. The first kappa shape index (κ1) is 9.35. The molecule has 0 saturated carbocycles. The van der Waals surface area contributed by atoms with Gasteiger partial charge in [-0.05, 0) is 0 Å². The second-order valence-electron chi connectivity index (χ2n) is 3.84. The molecular formula is C11H10N2O3. The van der Waals surface area contributed by atoms with E-state index in [1.165, 1.54) is 6.07 Å². The first-order chi connectivity index (χ1) is 7.77. The number of rotatable bonds is 1. The molecule has 0 radical (unpaired) electrons. The zero-order valence-electron chi connectivity index (χ0n) is 8.53. The van der Waals surface area contributed by atoms with Gasteiger partial charge in [0.25, 0.3) is 0 Å². The Labute approximate surface area is 91.2 Å². The molecule has 2 heterocycles. The fourth-order valence-corrected chi connectivity index (χ4v) is 2.16. The molecule has 0 bridgehead atoms. The second kappa shape index (κ2) is 3.31. The fourth-order valence-electron chi connectivity index (χ4n) is 2.16. The summed E-state index contributed by atoms with van der Waals surface area (Å²) < 4.78 is 5.60. The van der Waals surface area contributed by atoms with E-state index in [1.54, 1.807) is 6.07 Å². The van der Waals surface area contributed by atoms with Crippen molar-refractivity contribution in [2.45, 2.75) is 13.0 Å². The Bertz CT molecular complexity index is 574. The Balaban J connectivity index is 2.33. The number of nitro groups is 1. The summed E-state index contributed by atoms with van der Waals surface area (Å²) in [5, 5.41) is 15.0. The van der Waals surface area contributed by atoms with E-state index < -0.39 is 4.92 Å². The summed E-state index contributed by atoms with van der Waals surface area (Å²) in [7, 11) is 0. The molecule has 3 rings (SSSR count). The highest BCUT2D eigenvalue weighted by molar-refractivity contribution is 5.89. The molecule has 0 saturated heterocycles. The number of nitrogens with one attached hydrogen (secondary N) is 1. The van der Waals surface area contributed by atoms with Crippen molar-refractivity contribution in [1.29, 1.82) is 0 Å². The molecule has 0 atom stereocenters. The third kappa shape index (κ3) is 1.22. The lowest BCUT2D eigenvalue weighted by Gasteiger charge is -2.10. The van der Waals surface area contributed by atoms with Crippen molar-refractivity contribution in [3.63, 3.8) is 0 Å². The monoisotopic (exact) mass is 218 g/mol. The number of hydrogen-bond donors (Lipinski definition) is 1. The van der Waals surface area contributed by atoms with Gasteiger partial charge in [0.05, 0.1) is 4.92 Å². The molecule has 16 heavy (non-hydrogen) atoms. The van der Waals surface area contributed by atoms with Crippen LogP contribution in [-0.4, -0.2) is 11.5 Å². The third-order valence-electron chi connectivity index (χ3n) is 2.91. The van der Waals surface area contributed by atoms with Crippen LogP contribution in [0.2, 0.25) is 0 Å². The fraction of sp³-hybridized carbons (Fsp3) is 0.273. The van der Waals surface area contributed by atoms with E-state index in [0.29, 0.717) is 5.58 Å².